The summed E-state index contributed by atoms with van der Waals surface area (Å²) in [7, 11) is 0. The van der Waals surface area contributed by atoms with Crippen molar-refractivity contribution in [1.29, 1.82) is 0 Å². The third-order valence-corrected chi connectivity index (χ3v) is 7.96. The number of hydrogen-bond donors (Lipinski definition) is 0. The Morgan fingerprint density at radius 1 is 0.500 bits per heavy atom. The van der Waals surface area contributed by atoms with Crippen LogP contribution in [0.25, 0.3) is 76.7 Å². The molecule has 1 aliphatic carbocycles. The Morgan fingerprint density at radius 2 is 1.25 bits per heavy atom. The molecule has 0 bridgehead atoms. The lowest BCUT2D eigenvalue weighted by Crippen LogP contribution is -1.91. The van der Waals surface area contributed by atoms with Gasteiger partial charge in [0.05, 0.1) is 11.2 Å². The Kier molecular flexibility index (Phi) is 3.86. The molecule has 168 valence electrons. The SMILES string of the molecule is Cc1ccc2c(c1)c(-c1ccc3ccccc3n1)cc1c3ccc(C)c4c3c(cc21)-c1ccccc1-4. The number of rotatable bonds is 1. The van der Waals surface area contributed by atoms with E-state index in [9.17, 15) is 0 Å². The Bertz CT molecular complexity index is 2060. The topological polar surface area (TPSA) is 12.9 Å². The van der Waals surface area contributed by atoms with Crippen LogP contribution in [0.3, 0.4) is 0 Å². The molecule has 0 atom stereocenters. The van der Waals surface area contributed by atoms with Gasteiger partial charge in [0.25, 0.3) is 0 Å². The van der Waals surface area contributed by atoms with Gasteiger partial charge in [-0.1, -0.05) is 84.4 Å². The summed E-state index contributed by atoms with van der Waals surface area (Å²) in [6, 6.07) is 37.9. The molecule has 0 radical (unpaired) electrons. The van der Waals surface area contributed by atoms with Gasteiger partial charge in [0, 0.05) is 10.9 Å². The molecule has 1 heterocycles. The summed E-state index contributed by atoms with van der Waals surface area (Å²) in [6.07, 6.45) is 0. The van der Waals surface area contributed by atoms with Crippen LogP contribution in [0.4, 0.5) is 0 Å². The zero-order chi connectivity index (χ0) is 24.0. The fourth-order valence-corrected chi connectivity index (χ4v) is 6.29. The first-order valence-electron chi connectivity index (χ1n) is 12.6. The maximum Gasteiger partial charge on any atom is 0.0716 e. The van der Waals surface area contributed by atoms with E-state index in [0.717, 1.165) is 11.2 Å². The number of pyridine rings is 1. The van der Waals surface area contributed by atoms with Crippen LogP contribution in [0.2, 0.25) is 0 Å². The van der Waals surface area contributed by atoms with Crippen LogP contribution < -0.4 is 0 Å². The van der Waals surface area contributed by atoms with Gasteiger partial charge < -0.3 is 0 Å². The van der Waals surface area contributed by atoms with Gasteiger partial charge >= 0.3 is 0 Å². The lowest BCUT2D eigenvalue weighted by atomic mass is 9.89. The molecular formula is C35H23N. The fourth-order valence-electron chi connectivity index (χ4n) is 6.29. The predicted molar refractivity (Wildman–Crippen MR) is 154 cm³/mol. The molecule has 8 rings (SSSR count). The molecule has 6 aromatic carbocycles. The van der Waals surface area contributed by atoms with Gasteiger partial charge in [0.15, 0.2) is 0 Å². The van der Waals surface area contributed by atoms with Crippen molar-refractivity contribution < 1.29 is 0 Å². The van der Waals surface area contributed by atoms with Crippen LogP contribution in [0.1, 0.15) is 11.1 Å². The summed E-state index contributed by atoms with van der Waals surface area (Å²) in [6.45, 7) is 4.41. The molecular weight excluding hydrogens is 434 g/mol. The normalized spacial score (nSPS) is 12.2. The van der Waals surface area contributed by atoms with Crippen LogP contribution in [-0.4, -0.2) is 4.98 Å². The van der Waals surface area contributed by atoms with Crippen LogP contribution in [0.5, 0.6) is 0 Å². The lowest BCUT2D eigenvalue weighted by molar-refractivity contribution is 1.41. The molecule has 0 fully saturated rings. The monoisotopic (exact) mass is 457 g/mol. The predicted octanol–water partition coefficient (Wildman–Crippen LogP) is 9.63. The number of fused-ring (bicyclic) bond motifs is 8. The molecule has 0 aliphatic heterocycles. The lowest BCUT2D eigenvalue weighted by Gasteiger charge is -2.15. The van der Waals surface area contributed by atoms with E-state index >= 15 is 0 Å². The Labute approximate surface area is 209 Å². The van der Waals surface area contributed by atoms with Crippen molar-refractivity contribution in [3.63, 3.8) is 0 Å². The molecule has 36 heavy (non-hydrogen) atoms. The second-order valence-corrected chi connectivity index (χ2v) is 10.1. The molecule has 0 saturated carbocycles. The van der Waals surface area contributed by atoms with E-state index in [1.54, 1.807) is 0 Å². The minimum Gasteiger partial charge on any atom is -0.248 e. The molecule has 0 saturated heterocycles. The summed E-state index contributed by atoms with van der Waals surface area (Å²) in [5, 5.41) is 9.02. The summed E-state index contributed by atoms with van der Waals surface area (Å²) in [5.74, 6) is 0. The fraction of sp³-hybridized carbons (Fsp3) is 0.0571. The highest BCUT2D eigenvalue weighted by Gasteiger charge is 2.25. The number of aromatic nitrogens is 1. The van der Waals surface area contributed by atoms with Gasteiger partial charge in [-0.3, -0.25) is 0 Å². The van der Waals surface area contributed by atoms with Crippen molar-refractivity contribution in [2.24, 2.45) is 0 Å². The number of benzene rings is 6. The minimum atomic E-state index is 1.02. The third-order valence-electron chi connectivity index (χ3n) is 7.96. The molecule has 0 amide bonds. The van der Waals surface area contributed by atoms with Crippen molar-refractivity contribution in [2.75, 3.05) is 0 Å². The van der Waals surface area contributed by atoms with E-state index in [4.69, 9.17) is 4.98 Å². The highest BCUT2D eigenvalue weighted by molar-refractivity contribution is 6.29. The largest absolute Gasteiger partial charge is 0.248 e. The average Bonchev–Trinajstić information content (AvgIpc) is 3.25. The van der Waals surface area contributed by atoms with Gasteiger partial charge in [-0.15, -0.1) is 0 Å². The van der Waals surface area contributed by atoms with Crippen LogP contribution in [0.15, 0.2) is 103 Å². The minimum absolute atomic E-state index is 1.02. The van der Waals surface area contributed by atoms with Crippen LogP contribution in [0, 0.1) is 13.8 Å². The second-order valence-electron chi connectivity index (χ2n) is 10.1. The summed E-state index contributed by atoms with van der Waals surface area (Å²) >= 11 is 0. The Hall–Kier alpha value is -4.49. The molecule has 0 spiro atoms. The van der Waals surface area contributed by atoms with Gasteiger partial charge in [-0.05, 0) is 98.2 Å². The highest BCUT2D eigenvalue weighted by Crippen LogP contribution is 2.52. The number of hydrogen-bond acceptors (Lipinski definition) is 1. The smallest absolute Gasteiger partial charge is 0.0716 e. The standard InChI is InChI=1S/C35H23N/c1-20-11-14-24-27(17-20)30(33-16-13-22-7-3-6-10-32(22)36-33)18-29-26-15-12-21(2)34-25-9-5-4-8-23(25)31(35(26)34)19-28(24)29/h3-19H,1-2H3. The first-order chi connectivity index (χ1) is 17.7. The zero-order valence-electron chi connectivity index (χ0n) is 20.3. The van der Waals surface area contributed by atoms with E-state index in [-0.39, 0.29) is 0 Å². The maximum atomic E-state index is 5.11. The molecule has 1 nitrogen and oxygen atoms in total. The molecule has 7 aromatic rings. The van der Waals surface area contributed by atoms with Gasteiger partial charge in [-0.25, -0.2) is 4.98 Å². The van der Waals surface area contributed by atoms with Crippen molar-refractivity contribution in [1.82, 2.24) is 4.98 Å². The first-order valence-corrected chi connectivity index (χ1v) is 12.6. The second kappa shape index (κ2) is 7.02. The highest BCUT2D eigenvalue weighted by atomic mass is 14.7. The molecule has 1 aliphatic rings. The quantitative estimate of drug-likeness (QED) is 0.224. The van der Waals surface area contributed by atoms with Crippen molar-refractivity contribution in [2.45, 2.75) is 13.8 Å². The number of para-hydroxylation sites is 1. The third kappa shape index (κ3) is 2.58. The van der Waals surface area contributed by atoms with E-state index < -0.39 is 0 Å². The maximum absolute atomic E-state index is 5.11. The molecule has 1 aromatic heterocycles. The van der Waals surface area contributed by atoms with Crippen LogP contribution >= 0.6 is 0 Å². The van der Waals surface area contributed by atoms with E-state index in [0.29, 0.717) is 0 Å². The zero-order valence-corrected chi connectivity index (χ0v) is 20.3. The molecule has 0 N–H and O–H groups in total. The molecule has 0 unspecified atom stereocenters. The van der Waals surface area contributed by atoms with Gasteiger partial charge in [0.2, 0.25) is 0 Å². The van der Waals surface area contributed by atoms with E-state index in [1.165, 1.54) is 76.6 Å². The van der Waals surface area contributed by atoms with Crippen molar-refractivity contribution >= 4 is 43.2 Å². The summed E-state index contributed by atoms with van der Waals surface area (Å²) < 4.78 is 0. The summed E-state index contributed by atoms with van der Waals surface area (Å²) in [4.78, 5) is 5.11. The Morgan fingerprint density at radius 3 is 2.17 bits per heavy atom. The Balaban J connectivity index is 1.56. The summed E-state index contributed by atoms with van der Waals surface area (Å²) in [5.41, 5.74) is 11.3. The van der Waals surface area contributed by atoms with Crippen LogP contribution in [-0.2, 0) is 0 Å². The van der Waals surface area contributed by atoms with Crippen molar-refractivity contribution in [3.05, 3.63) is 114 Å². The van der Waals surface area contributed by atoms with E-state index in [2.05, 4.69) is 117 Å². The molecule has 1 heteroatoms. The number of nitrogens with zero attached hydrogens (tertiary/aromatic N) is 1. The number of aryl methyl sites for hydroxylation is 2. The van der Waals surface area contributed by atoms with Gasteiger partial charge in [0.1, 0.15) is 0 Å². The van der Waals surface area contributed by atoms with Gasteiger partial charge in [-0.2, -0.15) is 0 Å². The first kappa shape index (κ1) is 19.8. The van der Waals surface area contributed by atoms with E-state index in [1.807, 2.05) is 0 Å². The van der Waals surface area contributed by atoms with Crippen molar-refractivity contribution in [3.8, 4) is 33.5 Å². The average molecular weight is 458 g/mol.